The zero-order valence-corrected chi connectivity index (χ0v) is 13.2. The third-order valence-corrected chi connectivity index (χ3v) is 4.09. The zero-order chi connectivity index (χ0) is 17.3. The molecule has 0 aliphatic carbocycles. The number of carboxylic acid groups (broad SMARTS) is 1. The standard InChI is InChI=1S/C16H18N2O6/c1-9(16(21)22)17-14(19)11-4-5-18(15(11)20)10-2-3-12-13(8-10)24-7-6-23-12/h2-3,8-9,11H,4-7H2,1H3,(H,17,19)(H,21,22)/t9-,11?/m0/s1. The van der Waals surface area contributed by atoms with E-state index in [9.17, 15) is 14.4 Å². The van der Waals surface area contributed by atoms with E-state index in [-0.39, 0.29) is 5.91 Å². The number of benzene rings is 1. The molecule has 0 saturated carbocycles. The Morgan fingerprint density at radius 3 is 2.71 bits per heavy atom. The summed E-state index contributed by atoms with van der Waals surface area (Å²) in [4.78, 5) is 37.0. The molecule has 2 N–H and O–H groups in total. The molecule has 128 valence electrons. The van der Waals surface area contributed by atoms with Crippen LogP contribution in [0.4, 0.5) is 5.69 Å². The summed E-state index contributed by atoms with van der Waals surface area (Å²) < 4.78 is 10.9. The van der Waals surface area contributed by atoms with Crippen LogP contribution in [-0.4, -0.2) is 48.7 Å². The molecule has 1 aromatic rings. The molecule has 2 aliphatic rings. The van der Waals surface area contributed by atoms with Gasteiger partial charge in [0.15, 0.2) is 11.5 Å². The normalized spacial score (nSPS) is 20.6. The highest BCUT2D eigenvalue weighted by Gasteiger charge is 2.38. The minimum atomic E-state index is -1.14. The second-order valence-electron chi connectivity index (χ2n) is 5.73. The van der Waals surface area contributed by atoms with E-state index in [4.69, 9.17) is 14.6 Å². The Morgan fingerprint density at radius 1 is 1.29 bits per heavy atom. The van der Waals surface area contributed by atoms with Gasteiger partial charge in [-0.3, -0.25) is 14.4 Å². The number of aliphatic carboxylic acids is 1. The van der Waals surface area contributed by atoms with E-state index in [1.54, 1.807) is 18.2 Å². The van der Waals surface area contributed by atoms with Crippen molar-refractivity contribution < 1.29 is 29.0 Å². The maximum Gasteiger partial charge on any atom is 0.325 e. The summed E-state index contributed by atoms with van der Waals surface area (Å²) in [5.41, 5.74) is 0.630. The number of rotatable bonds is 4. The number of anilines is 1. The molecule has 8 nitrogen and oxygen atoms in total. The summed E-state index contributed by atoms with van der Waals surface area (Å²) in [7, 11) is 0. The van der Waals surface area contributed by atoms with Crippen LogP contribution in [0.15, 0.2) is 18.2 Å². The van der Waals surface area contributed by atoms with E-state index in [0.29, 0.717) is 43.4 Å². The van der Waals surface area contributed by atoms with Gasteiger partial charge in [-0.2, -0.15) is 0 Å². The largest absolute Gasteiger partial charge is 0.486 e. The first kappa shape index (κ1) is 16.1. The van der Waals surface area contributed by atoms with E-state index in [2.05, 4.69) is 5.32 Å². The predicted octanol–water partition coefficient (Wildman–Crippen LogP) is 0.400. The SMILES string of the molecule is C[C@H](NC(=O)C1CCN(c2ccc3c(c2)OCCO3)C1=O)C(=O)O. The Labute approximate surface area is 138 Å². The lowest BCUT2D eigenvalue weighted by molar-refractivity contribution is -0.143. The Hall–Kier alpha value is -2.77. The lowest BCUT2D eigenvalue weighted by atomic mass is 10.1. The maximum atomic E-state index is 12.5. The molecular weight excluding hydrogens is 316 g/mol. The van der Waals surface area contributed by atoms with Crippen molar-refractivity contribution in [1.29, 1.82) is 0 Å². The van der Waals surface area contributed by atoms with Gasteiger partial charge in [-0.1, -0.05) is 0 Å². The smallest absolute Gasteiger partial charge is 0.325 e. The zero-order valence-electron chi connectivity index (χ0n) is 13.2. The number of ether oxygens (including phenoxy) is 2. The van der Waals surface area contributed by atoms with Crippen LogP contribution >= 0.6 is 0 Å². The Balaban J connectivity index is 1.72. The lowest BCUT2D eigenvalue weighted by Crippen LogP contribution is -2.44. The van der Waals surface area contributed by atoms with Crippen molar-refractivity contribution in [2.45, 2.75) is 19.4 Å². The fourth-order valence-corrected chi connectivity index (χ4v) is 2.76. The topological polar surface area (TPSA) is 105 Å². The second-order valence-corrected chi connectivity index (χ2v) is 5.73. The van der Waals surface area contributed by atoms with Crippen molar-refractivity contribution in [2.24, 2.45) is 5.92 Å². The van der Waals surface area contributed by atoms with Crippen LogP contribution in [0.25, 0.3) is 0 Å². The average molecular weight is 334 g/mol. The highest BCUT2D eigenvalue weighted by Crippen LogP contribution is 2.36. The second kappa shape index (κ2) is 6.38. The van der Waals surface area contributed by atoms with Crippen LogP contribution in [0.5, 0.6) is 11.5 Å². The fraction of sp³-hybridized carbons (Fsp3) is 0.438. The predicted molar refractivity (Wildman–Crippen MR) is 83.1 cm³/mol. The highest BCUT2D eigenvalue weighted by atomic mass is 16.6. The first-order valence-corrected chi connectivity index (χ1v) is 7.71. The lowest BCUT2D eigenvalue weighted by Gasteiger charge is -2.22. The number of carboxylic acids is 1. The van der Waals surface area contributed by atoms with Gasteiger partial charge in [0, 0.05) is 18.3 Å². The summed E-state index contributed by atoms with van der Waals surface area (Å²) in [5.74, 6) is -1.73. The van der Waals surface area contributed by atoms with Crippen LogP contribution in [0.2, 0.25) is 0 Å². The number of hydrogen-bond donors (Lipinski definition) is 2. The van der Waals surface area contributed by atoms with E-state index in [1.165, 1.54) is 11.8 Å². The minimum absolute atomic E-state index is 0.339. The van der Waals surface area contributed by atoms with Crippen molar-refractivity contribution >= 4 is 23.5 Å². The monoisotopic (exact) mass is 334 g/mol. The minimum Gasteiger partial charge on any atom is -0.486 e. The van der Waals surface area contributed by atoms with Crippen LogP contribution in [0.1, 0.15) is 13.3 Å². The molecule has 1 saturated heterocycles. The molecule has 24 heavy (non-hydrogen) atoms. The number of carbonyl (C=O) groups is 3. The third kappa shape index (κ3) is 2.99. The van der Waals surface area contributed by atoms with E-state index < -0.39 is 23.8 Å². The average Bonchev–Trinajstić information content (AvgIpc) is 2.95. The Bertz CT molecular complexity index is 689. The van der Waals surface area contributed by atoms with Crippen LogP contribution in [0, 0.1) is 5.92 Å². The van der Waals surface area contributed by atoms with Gasteiger partial charge in [0.25, 0.3) is 0 Å². The molecule has 2 atom stereocenters. The molecule has 8 heteroatoms. The third-order valence-electron chi connectivity index (χ3n) is 4.09. The van der Waals surface area contributed by atoms with Gasteiger partial charge >= 0.3 is 5.97 Å². The van der Waals surface area contributed by atoms with Crippen LogP contribution < -0.4 is 19.7 Å². The number of carbonyl (C=O) groups excluding carboxylic acids is 2. The van der Waals surface area contributed by atoms with Gasteiger partial charge in [0.1, 0.15) is 25.2 Å². The molecule has 2 aliphatic heterocycles. The molecule has 1 unspecified atom stereocenters. The molecule has 3 rings (SSSR count). The Morgan fingerprint density at radius 2 is 2.00 bits per heavy atom. The summed E-state index contributed by atoms with van der Waals surface area (Å²) in [6.45, 7) is 2.68. The van der Waals surface area contributed by atoms with Gasteiger partial charge in [-0.15, -0.1) is 0 Å². The van der Waals surface area contributed by atoms with Gasteiger partial charge in [0.05, 0.1) is 0 Å². The number of nitrogens with one attached hydrogen (secondary N) is 1. The molecule has 2 amide bonds. The van der Waals surface area contributed by atoms with Crippen molar-refractivity contribution in [3.63, 3.8) is 0 Å². The molecular formula is C16H18N2O6. The summed E-state index contributed by atoms with van der Waals surface area (Å²) >= 11 is 0. The van der Waals surface area contributed by atoms with Crippen LogP contribution in [-0.2, 0) is 14.4 Å². The van der Waals surface area contributed by atoms with Crippen molar-refractivity contribution in [2.75, 3.05) is 24.7 Å². The molecule has 1 aromatic carbocycles. The summed E-state index contributed by atoms with van der Waals surface area (Å²) in [6.07, 6.45) is 0.339. The Kier molecular flexibility index (Phi) is 4.28. The number of amides is 2. The van der Waals surface area contributed by atoms with Crippen molar-refractivity contribution in [3.05, 3.63) is 18.2 Å². The van der Waals surface area contributed by atoms with Gasteiger partial charge in [0.2, 0.25) is 11.8 Å². The summed E-state index contributed by atoms with van der Waals surface area (Å²) in [5, 5.41) is 11.2. The highest BCUT2D eigenvalue weighted by molar-refractivity contribution is 6.10. The first-order chi connectivity index (χ1) is 11.5. The van der Waals surface area contributed by atoms with E-state index in [1.807, 2.05) is 0 Å². The van der Waals surface area contributed by atoms with E-state index in [0.717, 1.165) is 0 Å². The van der Waals surface area contributed by atoms with Gasteiger partial charge in [-0.25, -0.2) is 0 Å². The fourth-order valence-electron chi connectivity index (χ4n) is 2.76. The van der Waals surface area contributed by atoms with Crippen molar-refractivity contribution in [3.8, 4) is 11.5 Å². The number of hydrogen-bond acceptors (Lipinski definition) is 5. The summed E-state index contributed by atoms with van der Waals surface area (Å²) in [6, 6.07) is 4.16. The quantitative estimate of drug-likeness (QED) is 0.772. The molecule has 2 heterocycles. The van der Waals surface area contributed by atoms with Gasteiger partial charge in [-0.05, 0) is 25.5 Å². The number of fused-ring (bicyclic) bond motifs is 1. The molecule has 0 radical (unpaired) electrons. The molecule has 1 fully saturated rings. The molecule has 0 bridgehead atoms. The van der Waals surface area contributed by atoms with Crippen LogP contribution in [0.3, 0.4) is 0 Å². The first-order valence-electron chi connectivity index (χ1n) is 7.71. The van der Waals surface area contributed by atoms with E-state index >= 15 is 0 Å². The molecule has 0 spiro atoms. The number of nitrogens with zero attached hydrogens (tertiary/aromatic N) is 1. The molecule has 0 aromatic heterocycles. The maximum absolute atomic E-state index is 12.5. The van der Waals surface area contributed by atoms with Gasteiger partial charge < -0.3 is 24.8 Å². The van der Waals surface area contributed by atoms with Crippen molar-refractivity contribution in [1.82, 2.24) is 5.32 Å².